The van der Waals surface area contributed by atoms with E-state index in [1.807, 2.05) is 6.07 Å². The number of guanidine groups is 1. The number of alkyl halides is 2. The summed E-state index contributed by atoms with van der Waals surface area (Å²) in [6.45, 7) is 0.324. The molecule has 0 aromatic heterocycles. The van der Waals surface area contributed by atoms with Crippen molar-refractivity contribution >= 4 is 29.9 Å². The van der Waals surface area contributed by atoms with Crippen LogP contribution in [0.2, 0.25) is 0 Å². The number of ether oxygens (including phenoxy) is 1. The highest BCUT2D eigenvalue weighted by Gasteiger charge is 2.05. The van der Waals surface area contributed by atoms with E-state index in [1.54, 1.807) is 37.4 Å². The first-order valence-electron chi connectivity index (χ1n) is 7.75. The molecule has 0 spiro atoms. The van der Waals surface area contributed by atoms with Gasteiger partial charge in [-0.2, -0.15) is 0 Å². The van der Waals surface area contributed by atoms with Crippen LogP contribution < -0.4 is 15.4 Å². The lowest BCUT2D eigenvalue weighted by Crippen LogP contribution is -2.36. The van der Waals surface area contributed by atoms with Gasteiger partial charge in [0, 0.05) is 20.1 Å². The van der Waals surface area contributed by atoms with E-state index in [4.69, 9.17) is 4.74 Å². The maximum atomic E-state index is 12.9. The zero-order valence-corrected chi connectivity index (χ0v) is 16.5. The van der Waals surface area contributed by atoms with Crippen molar-refractivity contribution in [2.24, 2.45) is 4.99 Å². The fourth-order valence-corrected chi connectivity index (χ4v) is 2.10. The predicted octanol–water partition coefficient (Wildman–Crippen LogP) is 3.95. The lowest BCUT2D eigenvalue weighted by molar-refractivity contribution is 0.0818. The quantitative estimate of drug-likeness (QED) is 0.359. The minimum Gasteiger partial charge on any atom is -0.488 e. The Balaban J connectivity index is 0.00000338. The molecule has 0 unspecified atom stereocenters. The zero-order valence-electron chi connectivity index (χ0n) is 14.2. The van der Waals surface area contributed by atoms with Crippen molar-refractivity contribution in [3.05, 3.63) is 65.5 Å². The Morgan fingerprint density at radius 1 is 1.04 bits per heavy atom. The molecular weight excluding hydrogens is 458 g/mol. The van der Waals surface area contributed by atoms with E-state index in [0.717, 1.165) is 11.1 Å². The van der Waals surface area contributed by atoms with Crippen LogP contribution in [0.25, 0.3) is 0 Å². The Morgan fingerprint density at radius 2 is 1.69 bits per heavy atom. The third-order valence-corrected chi connectivity index (χ3v) is 3.33. The van der Waals surface area contributed by atoms with Gasteiger partial charge in [-0.05, 0) is 35.4 Å². The molecule has 0 amide bonds. The number of nitrogens with zero attached hydrogens (tertiary/aromatic N) is 1. The van der Waals surface area contributed by atoms with Crippen LogP contribution >= 0.6 is 24.0 Å². The van der Waals surface area contributed by atoms with E-state index in [0.29, 0.717) is 24.8 Å². The van der Waals surface area contributed by atoms with Gasteiger partial charge < -0.3 is 15.4 Å². The molecule has 0 saturated heterocycles. The Hall–Kier alpha value is -1.97. The van der Waals surface area contributed by atoms with E-state index >= 15 is 0 Å². The molecule has 0 radical (unpaired) electrons. The lowest BCUT2D eigenvalue weighted by Gasteiger charge is -2.13. The molecule has 8 heteroatoms. The van der Waals surface area contributed by atoms with Crippen molar-refractivity contribution in [1.29, 1.82) is 0 Å². The normalized spacial score (nSPS) is 11.0. The van der Waals surface area contributed by atoms with Crippen molar-refractivity contribution in [3.8, 4) is 5.75 Å². The second-order valence-electron chi connectivity index (χ2n) is 5.26. The molecule has 0 fully saturated rings. The van der Waals surface area contributed by atoms with E-state index in [9.17, 15) is 13.2 Å². The summed E-state index contributed by atoms with van der Waals surface area (Å²) < 4.78 is 42.3. The molecular formula is C18H21F3IN3O. The van der Waals surface area contributed by atoms with Crippen LogP contribution in [0.15, 0.2) is 53.5 Å². The minimum atomic E-state index is -2.50. The van der Waals surface area contributed by atoms with E-state index in [1.165, 1.54) is 12.1 Å². The number of hydrogen-bond donors (Lipinski definition) is 2. The summed E-state index contributed by atoms with van der Waals surface area (Å²) in [4.78, 5) is 4.11. The van der Waals surface area contributed by atoms with Gasteiger partial charge in [0.1, 0.15) is 18.2 Å². The highest BCUT2D eigenvalue weighted by molar-refractivity contribution is 14.0. The second-order valence-corrected chi connectivity index (χ2v) is 5.26. The van der Waals surface area contributed by atoms with Gasteiger partial charge in [-0.1, -0.05) is 24.3 Å². The van der Waals surface area contributed by atoms with Crippen LogP contribution in [0.3, 0.4) is 0 Å². The molecule has 2 aromatic rings. The number of nitrogens with one attached hydrogen (secondary N) is 2. The molecule has 2 N–H and O–H groups in total. The molecule has 0 bridgehead atoms. The van der Waals surface area contributed by atoms with E-state index < -0.39 is 13.0 Å². The van der Waals surface area contributed by atoms with Gasteiger partial charge >= 0.3 is 0 Å². The maximum absolute atomic E-state index is 12.9. The zero-order chi connectivity index (χ0) is 18.1. The third-order valence-electron chi connectivity index (χ3n) is 3.33. The van der Waals surface area contributed by atoms with Crippen molar-refractivity contribution in [2.75, 3.05) is 13.7 Å². The Bertz CT molecular complexity index is 696. The first kappa shape index (κ1) is 22.1. The van der Waals surface area contributed by atoms with Gasteiger partial charge in [-0.3, -0.25) is 4.99 Å². The molecule has 0 aliphatic heterocycles. The molecule has 0 saturated carbocycles. The van der Waals surface area contributed by atoms with Crippen LogP contribution in [0.4, 0.5) is 13.2 Å². The smallest absolute Gasteiger partial charge is 0.272 e. The van der Waals surface area contributed by atoms with Crippen LogP contribution in [0.1, 0.15) is 11.1 Å². The summed E-state index contributed by atoms with van der Waals surface area (Å²) in [6, 6.07) is 13.1. The van der Waals surface area contributed by atoms with Crippen molar-refractivity contribution in [1.82, 2.24) is 10.6 Å². The molecule has 142 valence electrons. The molecule has 0 aliphatic carbocycles. The summed E-state index contributed by atoms with van der Waals surface area (Å²) in [5.74, 6) is 0.692. The molecule has 26 heavy (non-hydrogen) atoms. The molecule has 2 aromatic carbocycles. The van der Waals surface area contributed by atoms with Crippen LogP contribution in [0, 0.1) is 5.82 Å². The number of aliphatic imine (C=N–C) groups is 1. The molecule has 0 atom stereocenters. The summed E-state index contributed by atoms with van der Waals surface area (Å²) in [5, 5.41) is 6.24. The summed E-state index contributed by atoms with van der Waals surface area (Å²) in [6.07, 6.45) is -2.50. The average molecular weight is 479 g/mol. The highest BCUT2D eigenvalue weighted by atomic mass is 127. The summed E-state index contributed by atoms with van der Waals surface area (Å²) >= 11 is 0. The fraction of sp³-hybridized carbons (Fsp3) is 0.278. The van der Waals surface area contributed by atoms with Crippen LogP contribution in [0.5, 0.6) is 5.75 Å². The molecule has 2 rings (SSSR count). The summed E-state index contributed by atoms with van der Waals surface area (Å²) in [5.41, 5.74) is 1.79. The maximum Gasteiger partial charge on any atom is 0.272 e. The number of halogens is 4. The van der Waals surface area contributed by atoms with E-state index in [-0.39, 0.29) is 29.8 Å². The minimum absolute atomic E-state index is 0. The van der Waals surface area contributed by atoms with Gasteiger partial charge in [0.05, 0.1) is 0 Å². The van der Waals surface area contributed by atoms with Gasteiger partial charge in [0.2, 0.25) is 0 Å². The molecule has 0 aliphatic rings. The van der Waals surface area contributed by atoms with Crippen LogP contribution in [-0.2, 0) is 13.1 Å². The Morgan fingerprint density at radius 3 is 2.31 bits per heavy atom. The lowest BCUT2D eigenvalue weighted by atomic mass is 10.2. The SMILES string of the molecule is CN=C(NCc1ccc(F)cc1)NCc1cccc(OCC(F)F)c1.I. The second kappa shape index (κ2) is 11.6. The third kappa shape index (κ3) is 7.94. The standard InChI is InChI=1S/C18H20F3N3O.HI/c1-22-18(23-10-13-5-7-15(19)8-6-13)24-11-14-3-2-4-16(9-14)25-12-17(20)21;/h2-9,17H,10-12H2,1H3,(H2,22,23,24);1H. The first-order chi connectivity index (χ1) is 12.1. The van der Waals surface area contributed by atoms with Gasteiger partial charge in [0.15, 0.2) is 5.96 Å². The largest absolute Gasteiger partial charge is 0.488 e. The molecule has 4 nitrogen and oxygen atoms in total. The Labute approximate surface area is 167 Å². The molecule has 0 heterocycles. The average Bonchev–Trinajstić information content (AvgIpc) is 2.62. The Kier molecular flexibility index (Phi) is 9.85. The number of benzene rings is 2. The van der Waals surface area contributed by atoms with Crippen molar-refractivity contribution < 1.29 is 17.9 Å². The first-order valence-corrected chi connectivity index (χ1v) is 7.75. The van der Waals surface area contributed by atoms with E-state index in [2.05, 4.69) is 15.6 Å². The topological polar surface area (TPSA) is 45.7 Å². The van der Waals surface area contributed by atoms with Gasteiger partial charge in [-0.15, -0.1) is 24.0 Å². The predicted molar refractivity (Wildman–Crippen MR) is 107 cm³/mol. The summed E-state index contributed by atoms with van der Waals surface area (Å²) in [7, 11) is 1.64. The number of hydrogen-bond acceptors (Lipinski definition) is 2. The van der Waals surface area contributed by atoms with Gasteiger partial charge in [-0.25, -0.2) is 13.2 Å². The monoisotopic (exact) mass is 479 g/mol. The highest BCUT2D eigenvalue weighted by Crippen LogP contribution is 2.14. The van der Waals surface area contributed by atoms with Crippen molar-refractivity contribution in [3.63, 3.8) is 0 Å². The van der Waals surface area contributed by atoms with Crippen molar-refractivity contribution in [2.45, 2.75) is 19.5 Å². The fourth-order valence-electron chi connectivity index (χ4n) is 2.10. The number of rotatable bonds is 7. The van der Waals surface area contributed by atoms with Crippen LogP contribution in [-0.4, -0.2) is 26.0 Å². The van der Waals surface area contributed by atoms with Gasteiger partial charge in [0.25, 0.3) is 6.43 Å².